The molecule has 1 atom stereocenters. The Morgan fingerprint density at radius 1 is 1.13 bits per heavy atom. The van der Waals surface area contributed by atoms with E-state index in [4.69, 9.17) is 0 Å². The van der Waals surface area contributed by atoms with E-state index in [0.717, 1.165) is 18.4 Å². The van der Waals surface area contributed by atoms with Gasteiger partial charge in [0.1, 0.15) is 0 Å². The number of nitrogens with one attached hydrogen (secondary N) is 1. The van der Waals surface area contributed by atoms with Crippen molar-refractivity contribution in [1.82, 2.24) is 0 Å². The summed E-state index contributed by atoms with van der Waals surface area (Å²) in [5.41, 5.74) is 2.43. The minimum atomic E-state index is -0.986. The Morgan fingerprint density at radius 3 is 2.43 bits per heavy atom. The Labute approximate surface area is 135 Å². The van der Waals surface area contributed by atoms with Crippen LogP contribution in [0.5, 0.6) is 0 Å². The summed E-state index contributed by atoms with van der Waals surface area (Å²) in [5, 5.41) is 12.1. The fourth-order valence-corrected chi connectivity index (χ4v) is 2.88. The molecule has 2 aromatic carbocycles. The highest BCUT2D eigenvalue weighted by Crippen LogP contribution is 2.43. The Morgan fingerprint density at radius 2 is 1.83 bits per heavy atom. The molecular formula is C19H19NO3. The summed E-state index contributed by atoms with van der Waals surface area (Å²) >= 11 is 0. The van der Waals surface area contributed by atoms with Gasteiger partial charge in [-0.15, -0.1) is 0 Å². The Balaban J connectivity index is 1.83. The van der Waals surface area contributed by atoms with Crippen molar-refractivity contribution < 1.29 is 14.7 Å². The van der Waals surface area contributed by atoms with Crippen molar-refractivity contribution in [2.24, 2.45) is 5.92 Å². The monoisotopic (exact) mass is 309 g/mol. The highest BCUT2D eigenvalue weighted by molar-refractivity contribution is 5.98. The zero-order valence-corrected chi connectivity index (χ0v) is 13.0. The predicted molar refractivity (Wildman–Crippen MR) is 88.7 cm³/mol. The van der Waals surface area contributed by atoms with Gasteiger partial charge in [-0.05, 0) is 48.9 Å². The second-order valence-electron chi connectivity index (χ2n) is 6.05. The van der Waals surface area contributed by atoms with Crippen LogP contribution in [0.1, 0.15) is 40.2 Å². The number of anilines is 1. The molecule has 118 valence electrons. The molecule has 0 radical (unpaired) electrons. The van der Waals surface area contributed by atoms with Crippen LogP contribution in [0.2, 0.25) is 0 Å². The van der Waals surface area contributed by atoms with E-state index in [-0.39, 0.29) is 17.4 Å². The molecular weight excluding hydrogens is 290 g/mol. The first kappa shape index (κ1) is 15.3. The van der Waals surface area contributed by atoms with Gasteiger partial charge in [0.05, 0.1) is 11.5 Å². The summed E-state index contributed by atoms with van der Waals surface area (Å²) in [5.74, 6) is -0.855. The fourth-order valence-electron chi connectivity index (χ4n) is 2.88. The van der Waals surface area contributed by atoms with Crippen molar-refractivity contribution in [2.75, 3.05) is 5.32 Å². The van der Waals surface area contributed by atoms with Crippen LogP contribution >= 0.6 is 0 Å². The molecule has 2 N–H and O–H groups in total. The van der Waals surface area contributed by atoms with E-state index in [0.29, 0.717) is 17.2 Å². The fraction of sp³-hybridized carbons (Fsp3) is 0.263. The van der Waals surface area contributed by atoms with Crippen LogP contribution < -0.4 is 5.32 Å². The lowest BCUT2D eigenvalue weighted by atomic mass is 9.93. The number of carbonyl (C=O) groups is 2. The summed E-state index contributed by atoms with van der Waals surface area (Å²) < 4.78 is 0. The first-order valence-electron chi connectivity index (χ1n) is 7.76. The highest BCUT2D eigenvalue weighted by Gasteiger charge is 2.37. The molecule has 0 heterocycles. The van der Waals surface area contributed by atoms with Crippen LogP contribution in [0.4, 0.5) is 5.69 Å². The van der Waals surface area contributed by atoms with E-state index < -0.39 is 5.97 Å². The smallest absolute Gasteiger partial charge is 0.336 e. The third kappa shape index (κ3) is 3.42. The van der Waals surface area contributed by atoms with Gasteiger partial charge >= 0.3 is 5.97 Å². The van der Waals surface area contributed by atoms with Gasteiger partial charge in [-0.2, -0.15) is 0 Å². The zero-order valence-electron chi connectivity index (χ0n) is 13.0. The van der Waals surface area contributed by atoms with Gasteiger partial charge in [0.2, 0.25) is 5.91 Å². The number of rotatable bonds is 5. The quantitative estimate of drug-likeness (QED) is 0.882. The van der Waals surface area contributed by atoms with Crippen LogP contribution in [0.15, 0.2) is 48.5 Å². The van der Waals surface area contributed by atoms with Crippen LogP contribution in [0, 0.1) is 12.8 Å². The summed E-state index contributed by atoms with van der Waals surface area (Å²) in [6.07, 6.45) is 2.11. The topological polar surface area (TPSA) is 66.4 Å². The average Bonchev–Trinajstić information content (AvgIpc) is 3.35. The second kappa shape index (κ2) is 6.24. The van der Waals surface area contributed by atoms with E-state index in [9.17, 15) is 14.7 Å². The lowest BCUT2D eigenvalue weighted by molar-refractivity contribution is -0.118. The number of carbonyl (C=O) groups excluding carboxylic acids is 1. The van der Waals surface area contributed by atoms with Gasteiger partial charge in [0, 0.05) is 5.69 Å². The van der Waals surface area contributed by atoms with Crippen LogP contribution in [-0.2, 0) is 4.79 Å². The third-order valence-corrected chi connectivity index (χ3v) is 4.27. The molecule has 23 heavy (non-hydrogen) atoms. The summed E-state index contributed by atoms with van der Waals surface area (Å²) in [4.78, 5) is 23.9. The Hall–Kier alpha value is -2.62. The van der Waals surface area contributed by atoms with Crippen molar-refractivity contribution >= 4 is 17.6 Å². The normalized spacial score (nSPS) is 15.0. The summed E-state index contributed by atoms with van der Waals surface area (Å²) in [6, 6.07) is 14.7. The van der Waals surface area contributed by atoms with Gasteiger partial charge in [-0.1, -0.05) is 36.4 Å². The lowest BCUT2D eigenvalue weighted by Crippen LogP contribution is -2.23. The van der Waals surface area contributed by atoms with Crippen LogP contribution in [-0.4, -0.2) is 17.0 Å². The van der Waals surface area contributed by atoms with Crippen LogP contribution in [0.3, 0.4) is 0 Å². The predicted octanol–water partition coefficient (Wildman–Crippen LogP) is 3.83. The van der Waals surface area contributed by atoms with Crippen molar-refractivity contribution in [3.63, 3.8) is 0 Å². The number of amides is 1. The second-order valence-corrected chi connectivity index (χ2v) is 6.05. The number of carboxylic acid groups (broad SMARTS) is 1. The molecule has 1 saturated carbocycles. The van der Waals surface area contributed by atoms with E-state index in [1.807, 2.05) is 30.3 Å². The van der Waals surface area contributed by atoms with Gasteiger partial charge in [0.15, 0.2) is 0 Å². The zero-order chi connectivity index (χ0) is 16.4. The SMILES string of the molecule is Cc1ccc(NC(=O)C(c2ccccc2)C2CC2)cc1C(=O)O. The number of aromatic carboxylic acids is 1. The van der Waals surface area contributed by atoms with Crippen molar-refractivity contribution in [2.45, 2.75) is 25.7 Å². The van der Waals surface area contributed by atoms with Gasteiger partial charge in [-0.3, -0.25) is 4.79 Å². The maximum Gasteiger partial charge on any atom is 0.336 e. The first-order chi connectivity index (χ1) is 11.1. The molecule has 4 nitrogen and oxygen atoms in total. The standard InChI is InChI=1S/C19H19NO3/c1-12-7-10-15(11-16(12)19(22)23)20-18(21)17(14-8-9-14)13-5-3-2-4-6-13/h2-7,10-11,14,17H,8-9H2,1H3,(H,20,21)(H,22,23). The average molecular weight is 309 g/mol. The first-order valence-corrected chi connectivity index (χ1v) is 7.76. The molecule has 0 bridgehead atoms. The molecule has 2 aromatic rings. The van der Waals surface area contributed by atoms with Crippen molar-refractivity contribution in [3.8, 4) is 0 Å². The molecule has 0 spiro atoms. The number of benzene rings is 2. The maximum absolute atomic E-state index is 12.7. The molecule has 1 aliphatic rings. The van der Waals surface area contributed by atoms with E-state index in [1.165, 1.54) is 6.07 Å². The molecule has 3 rings (SSSR count). The number of carboxylic acids is 1. The maximum atomic E-state index is 12.7. The number of hydrogen-bond acceptors (Lipinski definition) is 2. The lowest BCUT2D eigenvalue weighted by Gasteiger charge is -2.17. The molecule has 0 aromatic heterocycles. The highest BCUT2D eigenvalue weighted by atomic mass is 16.4. The molecule has 1 unspecified atom stereocenters. The van der Waals surface area contributed by atoms with E-state index in [2.05, 4.69) is 5.32 Å². The third-order valence-electron chi connectivity index (χ3n) is 4.27. The van der Waals surface area contributed by atoms with Gasteiger partial charge in [0.25, 0.3) is 0 Å². The minimum absolute atomic E-state index is 0.0705. The molecule has 0 aliphatic heterocycles. The molecule has 0 saturated heterocycles. The van der Waals surface area contributed by atoms with Gasteiger partial charge < -0.3 is 10.4 Å². The Bertz CT molecular complexity index is 736. The molecule has 1 amide bonds. The molecule has 1 fully saturated rings. The van der Waals surface area contributed by atoms with Gasteiger partial charge in [-0.25, -0.2) is 4.79 Å². The van der Waals surface area contributed by atoms with E-state index >= 15 is 0 Å². The Kier molecular flexibility index (Phi) is 4.15. The number of hydrogen-bond donors (Lipinski definition) is 2. The molecule has 1 aliphatic carbocycles. The van der Waals surface area contributed by atoms with Crippen molar-refractivity contribution in [3.05, 3.63) is 65.2 Å². The summed E-state index contributed by atoms with van der Waals surface area (Å²) in [7, 11) is 0. The minimum Gasteiger partial charge on any atom is -0.478 e. The van der Waals surface area contributed by atoms with Crippen molar-refractivity contribution in [1.29, 1.82) is 0 Å². The summed E-state index contributed by atoms with van der Waals surface area (Å²) in [6.45, 7) is 1.74. The van der Waals surface area contributed by atoms with E-state index in [1.54, 1.807) is 19.1 Å². The number of aryl methyl sites for hydroxylation is 1. The largest absolute Gasteiger partial charge is 0.478 e. The van der Waals surface area contributed by atoms with Crippen LogP contribution in [0.25, 0.3) is 0 Å². The molecule has 4 heteroatoms.